The molecule has 1 aliphatic heterocycles. The summed E-state index contributed by atoms with van der Waals surface area (Å²) < 4.78 is 6.72. The molecule has 0 aromatic heterocycles. The maximum absolute atomic E-state index is 12.6. The fourth-order valence-corrected chi connectivity index (χ4v) is 4.64. The van der Waals surface area contributed by atoms with Crippen LogP contribution >= 0.6 is 34.4 Å². The van der Waals surface area contributed by atoms with Crippen molar-refractivity contribution in [1.29, 1.82) is 0 Å². The summed E-state index contributed by atoms with van der Waals surface area (Å²) in [6.07, 6.45) is 1.86. The Bertz CT molecular complexity index is 1040. The van der Waals surface area contributed by atoms with Crippen LogP contribution in [0.4, 0.5) is 5.69 Å². The van der Waals surface area contributed by atoms with Gasteiger partial charge in [-0.25, -0.2) is 0 Å². The second-order valence-electron chi connectivity index (χ2n) is 6.32. The molecule has 1 fully saturated rings. The Morgan fingerprint density at radius 2 is 2.07 bits per heavy atom. The lowest BCUT2D eigenvalue weighted by Gasteiger charge is -2.11. The molecule has 1 heterocycles. The largest absolute Gasteiger partial charge is 0.488 e. The number of halogens is 1. The number of ether oxygens (including phenoxy) is 1. The number of amidine groups is 1. The van der Waals surface area contributed by atoms with Crippen LogP contribution in [0.2, 0.25) is 0 Å². The predicted octanol–water partition coefficient (Wildman–Crippen LogP) is 5.09. The van der Waals surface area contributed by atoms with E-state index in [1.54, 1.807) is 17.0 Å². The monoisotopic (exact) mass is 537 g/mol. The van der Waals surface area contributed by atoms with Crippen LogP contribution in [0.15, 0.2) is 52.4 Å². The van der Waals surface area contributed by atoms with Gasteiger partial charge in [-0.2, -0.15) is 0 Å². The molecule has 0 spiro atoms. The van der Waals surface area contributed by atoms with E-state index >= 15 is 0 Å². The minimum atomic E-state index is -0.422. The third-order valence-corrected chi connectivity index (χ3v) is 6.15. The number of hydrogen-bond acceptors (Lipinski definition) is 6. The molecule has 3 rings (SSSR count). The Labute approximate surface area is 192 Å². The molecule has 2 aromatic rings. The van der Waals surface area contributed by atoms with Gasteiger partial charge in [0.15, 0.2) is 5.17 Å². The van der Waals surface area contributed by atoms with Crippen molar-refractivity contribution < 1.29 is 14.5 Å². The summed E-state index contributed by atoms with van der Waals surface area (Å²) in [5.74, 6) is 0.647. The van der Waals surface area contributed by atoms with Crippen LogP contribution in [0.5, 0.6) is 5.75 Å². The first-order valence-corrected chi connectivity index (χ1v) is 11.2. The van der Waals surface area contributed by atoms with Gasteiger partial charge >= 0.3 is 0 Å². The van der Waals surface area contributed by atoms with Crippen molar-refractivity contribution >= 4 is 57.2 Å². The first kappa shape index (κ1) is 22.3. The van der Waals surface area contributed by atoms with Gasteiger partial charge in [0.05, 0.1) is 13.4 Å². The Morgan fingerprint density at radius 1 is 1.27 bits per heavy atom. The van der Waals surface area contributed by atoms with Crippen molar-refractivity contribution in [3.63, 3.8) is 0 Å². The minimum absolute atomic E-state index is 0.0318. The highest BCUT2D eigenvalue weighted by molar-refractivity contribution is 14.1. The average molecular weight is 537 g/mol. The number of aliphatic imine (C=N–C) groups is 1. The van der Waals surface area contributed by atoms with Gasteiger partial charge in [-0.3, -0.25) is 24.8 Å². The molecule has 2 aromatic carbocycles. The summed E-state index contributed by atoms with van der Waals surface area (Å²) in [5.41, 5.74) is 1.66. The SMILES string of the molecule is CCN=C1S/C(=C\c2ccc(OCc3cccc([N+](=O)[O-])c3)c(I)c2)C(=O)N1CC. The number of non-ortho nitro benzene ring substituents is 1. The van der Waals surface area contributed by atoms with E-state index in [-0.39, 0.29) is 18.2 Å². The number of hydrogen-bond donors (Lipinski definition) is 0. The van der Waals surface area contributed by atoms with Crippen LogP contribution in [-0.2, 0) is 11.4 Å². The highest BCUT2D eigenvalue weighted by Gasteiger charge is 2.31. The molecule has 1 aliphatic rings. The molecule has 1 amide bonds. The number of carbonyl (C=O) groups is 1. The fourth-order valence-electron chi connectivity index (χ4n) is 2.84. The smallest absolute Gasteiger partial charge is 0.269 e. The quantitative estimate of drug-likeness (QED) is 0.213. The van der Waals surface area contributed by atoms with Crippen LogP contribution in [0.25, 0.3) is 6.08 Å². The first-order valence-electron chi connectivity index (χ1n) is 9.34. The zero-order valence-electron chi connectivity index (χ0n) is 16.5. The molecule has 0 radical (unpaired) electrons. The lowest BCUT2D eigenvalue weighted by atomic mass is 10.2. The summed E-state index contributed by atoms with van der Waals surface area (Å²) in [6, 6.07) is 12.1. The predicted molar refractivity (Wildman–Crippen MR) is 128 cm³/mol. The number of likely N-dealkylation sites (N-methyl/N-ethyl adjacent to an activating group) is 1. The van der Waals surface area contributed by atoms with Crippen molar-refractivity contribution in [2.45, 2.75) is 20.5 Å². The summed E-state index contributed by atoms with van der Waals surface area (Å²) >= 11 is 3.57. The molecular weight excluding hydrogens is 517 g/mol. The van der Waals surface area contributed by atoms with E-state index in [1.807, 2.05) is 38.1 Å². The number of carbonyl (C=O) groups excluding carboxylic acids is 1. The van der Waals surface area contributed by atoms with Gasteiger partial charge in [0.2, 0.25) is 0 Å². The molecule has 1 saturated heterocycles. The molecule has 0 bridgehead atoms. The van der Waals surface area contributed by atoms with Crippen LogP contribution in [0.3, 0.4) is 0 Å². The number of thioether (sulfide) groups is 1. The minimum Gasteiger partial charge on any atom is -0.488 e. The van der Waals surface area contributed by atoms with Crippen LogP contribution in [0, 0.1) is 13.7 Å². The number of nitro groups is 1. The van der Waals surface area contributed by atoms with Crippen LogP contribution < -0.4 is 4.74 Å². The Kier molecular flexibility index (Phi) is 7.48. The standard InChI is InChI=1S/C21H20IN3O4S/c1-3-23-21-24(4-2)20(26)19(30-21)12-14-8-9-18(17(22)11-14)29-13-15-6-5-7-16(10-15)25(27)28/h5-12H,3-4,13H2,1-2H3/b19-12-,23-21?. The first-order chi connectivity index (χ1) is 14.4. The van der Waals surface area contributed by atoms with E-state index in [2.05, 4.69) is 27.6 Å². The van der Waals surface area contributed by atoms with Gasteiger partial charge in [0, 0.05) is 25.2 Å². The molecule has 0 atom stereocenters. The zero-order valence-corrected chi connectivity index (χ0v) is 19.5. The maximum atomic E-state index is 12.6. The molecule has 9 heteroatoms. The molecule has 156 valence electrons. The van der Waals surface area contributed by atoms with Gasteiger partial charge in [0.1, 0.15) is 12.4 Å². The van der Waals surface area contributed by atoms with E-state index < -0.39 is 4.92 Å². The number of nitrogens with zero attached hydrogens (tertiary/aromatic N) is 3. The third kappa shape index (κ3) is 5.20. The van der Waals surface area contributed by atoms with Crippen molar-refractivity contribution in [2.75, 3.05) is 13.1 Å². The zero-order chi connectivity index (χ0) is 21.7. The highest BCUT2D eigenvalue weighted by Crippen LogP contribution is 2.33. The van der Waals surface area contributed by atoms with E-state index in [9.17, 15) is 14.9 Å². The van der Waals surface area contributed by atoms with E-state index in [0.717, 1.165) is 19.9 Å². The normalized spacial score (nSPS) is 16.5. The van der Waals surface area contributed by atoms with E-state index in [4.69, 9.17) is 4.74 Å². The topological polar surface area (TPSA) is 85.0 Å². The van der Waals surface area contributed by atoms with E-state index in [0.29, 0.717) is 23.7 Å². The Morgan fingerprint density at radius 3 is 2.73 bits per heavy atom. The van der Waals surface area contributed by atoms with Crippen molar-refractivity contribution in [3.8, 4) is 5.75 Å². The number of benzene rings is 2. The Balaban J connectivity index is 1.73. The second kappa shape index (κ2) is 10.1. The average Bonchev–Trinajstić information content (AvgIpc) is 3.02. The molecule has 0 saturated carbocycles. The number of rotatable bonds is 7. The van der Waals surface area contributed by atoms with Gasteiger partial charge in [-0.1, -0.05) is 18.2 Å². The molecule has 0 aliphatic carbocycles. The third-order valence-electron chi connectivity index (χ3n) is 4.27. The molecule has 0 N–H and O–H groups in total. The lowest BCUT2D eigenvalue weighted by Crippen LogP contribution is -2.28. The maximum Gasteiger partial charge on any atom is 0.269 e. The van der Waals surface area contributed by atoms with Crippen molar-refractivity contribution in [3.05, 3.63) is 72.2 Å². The molecular formula is C21H20IN3O4S. The highest BCUT2D eigenvalue weighted by atomic mass is 127. The van der Waals surface area contributed by atoms with Gasteiger partial charge < -0.3 is 4.74 Å². The van der Waals surface area contributed by atoms with Crippen molar-refractivity contribution in [1.82, 2.24) is 4.90 Å². The van der Waals surface area contributed by atoms with E-state index in [1.165, 1.54) is 23.9 Å². The van der Waals surface area contributed by atoms with Crippen molar-refractivity contribution in [2.24, 2.45) is 4.99 Å². The summed E-state index contributed by atoms with van der Waals surface area (Å²) in [6.45, 7) is 5.33. The molecule has 7 nitrogen and oxygen atoms in total. The fraction of sp³-hybridized carbons (Fsp3) is 0.238. The van der Waals surface area contributed by atoms with Crippen LogP contribution in [0.1, 0.15) is 25.0 Å². The van der Waals surface area contributed by atoms with Gasteiger partial charge in [0.25, 0.3) is 11.6 Å². The summed E-state index contributed by atoms with van der Waals surface area (Å²) in [5, 5.41) is 11.6. The lowest BCUT2D eigenvalue weighted by molar-refractivity contribution is -0.384. The second-order valence-corrected chi connectivity index (χ2v) is 8.49. The molecule has 30 heavy (non-hydrogen) atoms. The Hall–Kier alpha value is -2.40. The number of nitro benzene ring substituents is 1. The van der Waals surface area contributed by atoms with Crippen LogP contribution in [-0.4, -0.2) is 34.0 Å². The molecule has 0 unspecified atom stereocenters. The summed E-state index contributed by atoms with van der Waals surface area (Å²) in [4.78, 5) is 29.8. The summed E-state index contributed by atoms with van der Waals surface area (Å²) in [7, 11) is 0. The van der Waals surface area contributed by atoms with Gasteiger partial charge in [-0.15, -0.1) is 0 Å². The van der Waals surface area contributed by atoms with Gasteiger partial charge in [-0.05, 0) is 77.5 Å². The number of amides is 1.